The topological polar surface area (TPSA) is 34.2 Å². The van der Waals surface area contributed by atoms with Gasteiger partial charge in [-0.25, -0.2) is 0 Å². The molecule has 0 amide bonds. The summed E-state index contributed by atoms with van der Waals surface area (Å²) in [6.07, 6.45) is 2.66. The van der Waals surface area contributed by atoms with Crippen LogP contribution in [0.2, 0.25) is 0 Å². The van der Waals surface area contributed by atoms with Crippen molar-refractivity contribution in [1.82, 2.24) is 10.3 Å². The van der Waals surface area contributed by atoms with E-state index in [9.17, 15) is 0 Å². The molecule has 1 aromatic heterocycles. The molecule has 0 radical (unpaired) electrons. The van der Waals surface area contributed by atoms with Crippen molar-refractivity contribution < 1.29 is 4.74 Å². The number of aromatic nitrogens is 1. The molecule has 0 bridgehead atoms. The Hall–Kier alpha value is -0.910. The van der Waals surface area contributed by atoms with Gasteiger partial charge in [0, 0.05) is 33.3 Å². The van der Waals surface area contributed by atoms with Gasteiger partial charge in [0.1, 0.15) is 5.75 Å². The van der Waals surface area contributed by atoms with E-state index >= 15 is 0 Å². The summed E-state index contributed by atoms with van der Waals surface area (Å²) in [5.74, 6) is 0.861. The highest BCUT2D eigenvalue weighted by molar-refractivity contribution is 9.10. The number of hydrogen-bond acceptors (Lipinski definition) is 3. The van der Waals surface area contributed by atoms with Gasteiger partial charge in [0.2, 0.25) is 0 Å². The van der Waals surface area contributed by atoms with Crippen LogP contribution in [-0.2, 0) is 6.42 Å². The van der Waals surface area contributed by atoms with Crippen LogP contribution in [0.5, 0.6) is 5.75 Å². The minimum absolute atomic E-state index is 0.188. The molecule has 0 aliphatic carbocycles. The first-order valence-electron chi connectivity index (χ1n) is 6.81. The van der Waals surface area contributed by atoms with Gasteiger partial charge in [-0.1, -0.05) is 22.9 Å². The first kappa shape index (κ1) is 16.5. The number of nitrogens with one attached hydrogen (secondary N) is 1. The molecule has 0 aliphatic heterocycles. The number of halogens is 2. The highest BCUT2D eigenvalue weighted by atomic mass is 79.9. The zero-order valence-corrected chi connectivity index (χ0v) is 15.2. The fourth-order valence-corrected chi connectivity index (χ4v) is 2.95. The predicted octanol–water partition coefficient (Wildman–Crippen LogP) is 4.51. The molecule has 1 aromatic carbocycles. The fourth-order valence-electron chi connectivity index (χ4n) is 2.19. The van der Waals surface area contributed by atoms with Crippen molar-refractivity contribution in [3.05, 3.63) is 56.7 Å². The maximum Gasteiger partial charge on any atom is 0.119 e. The molecule has 3 nitrogen and oxygen atoms in total. The Balaban J connectivity index is 2.27. The lowest BCUT2D eigenvalue weighted by Crippen LogP contribution is -2.23. The lowest BCUT2D eigenvalue weighted by atomic mass is 10.0. The number of pyridine rings is 1. The van der Waals surface area contributed by atoms with Crippen molar-refractivity contribution in [2.45, 2.75) is 19.4 Å². The Labute approximate surface area is 142 Å². The molecule has 0 fully saturated rings. The van der Waals surface area contributed by atoms with Crippen LogP contribution in [0.1, 0.15) is 24.2 Å². The van der Waals surface area contributed by atoms with Gasteiger partial charge in [-0.3, -0.25) is 4.98 Å². The Kier molecular flexibility index (Phi) is 6.21. The highest BCUT2D eigenvalue weighted by Gasteiger charge is 2.16. The van der Waals surface area contributed by atoms with Crippen molar-refractivity contribution in [3.8, 4) is 5.75 Å². The van der Waals surface area contributed by atoms with E-state index in [1.54, 1.807) is 7.11 Å². The van der Waals surface area contributed by atoms with Crippen LogP contribution in [0.4, 0.5) is 0 Å². The lowest BCUT2D eigenvalue weighted by molar-refractivity contribution is 0.412. The molecule has 0 aliphatic rings. The molecule has 1 unspecified atom stereocenters. The number of ether oxygens (including phenoxy) is 1. The summed E-state index contributed by atoms with van der Waals surface area (Å²) >= 11 is 7.05. The number of rotatable bonds is 6. The van der Waals surface area contributed by atoms with Gasteiger partial charge < -0.3 is 10.1 Å². The first-order valence-corrected chi connectivity index (χ1v) is 8.40. The van der Waals surface area contributed by atoms with E-state index in [4.69, 9.17) is 4.74 Å². The van der Waals surface area contributed by atoms with Gasteiger partial charge in [-0.05, 0) is 58.4 Å². The Morgan fingerprint density at radius 1 is 1.24 bits per heavy atom. The van der Waals surface area contributed by atoms with E-state index in [-0.39, 0.29) is 6.04 Å². The molecule has 1 N–H and O–H groups in total. The second kappa shape index (κ2) is 7.92. The van der Waals surface area contributed by atoms with Gasteiger partial charge in [0.15, 0.2) is 0 Å². The zero-order chi connectivity index (χ0) is 15.2. The van der Waals surface area contributed by atoms with Crippen LogP contribution < -0.4 is 10.1 Å². The molecule has 112 valence electrons. The predicted molar refractivity (Wildman–Crippen MR) is 92.8 cm³/mol. The standard InChI is InChI=1S/C16H18Br2N2O/c1-3-19-16(8-12-5-4-11(17)10-20-12)14-9-13(21-2)6-7-15(14)18/h4-7,9-10,16,19H,3,8H2,1-2H3. The number of benzene rings is 1. The Morgan fingerprint density at radius 2 is 2.05 bits per heavy atom. The summed E-state index contributed by atoms with van der Waals surface area (Å²) in [4.78, 5) is 4.46. The monoisotopic (exact) mass is 412 g/mol. The van der Waals surface area contributed by atoms with Gasteiger partial charge in [0.25, 0.3) is 0 Å². The summed E-state index contributed by atoms with van der Waals surface area (Å²) in [6, 6.07) is 10.3. The summed E-state index contributed by atoms with van der Waals surface area (Å²) in [6.45, 7) is 3.00. The third-order valence-corrected chi connectivity index (χ3v) is 4.42. The van der Waals surface area contributed by atoms with Gasteiger partial charge in [-0.2, -0.15) is 0 Å². The van der Waals surface area contributed by atoms with E-state index < -0.39 is 0 Å². The number of hydrogen-bond donors (Lipinski definition) is 1. The molecule has 0 spiro atoms. The largest absolute Gasteiger partial charge is 0.497 e. The number of likely N-dealkylation sites (N-methyl/N-ethyl adjacent to an activating group) is 1. The minimum Gasteiger partial charge on any atom is -0.497 e. The smallest absolute Gasteiger partial charge is 0.119 e. The molecule has 5 heteroatoms. The van der Waals surface area contributed by atoms with Crippen molar-refractivity contribution in [2.24, 2.45) is 0 Å². The van der Waals surface area contributed by atoms with E-state index in [1.165, 1.54) is 5.56 Å². The third kappa shape index (κ3) is 4.53. The van der Waals surface area contributed by atoms with E-state index in [1.807, 2.05) is 30.5 Å². The maximum absolute atomic E-state index is 5.33. The number of nitrogens with zero attached hydrogens (tertiary/aromatic N) is 1. The summed E-state index contributed by atoms with van der Waals surface area (Å²) in [7, 11) is 1.69. The molecular formula is C16H18Br2N2O. The van der Waals surface area contributed by atoms with Crippen LogP contribution in [0.15, 0.2) is 45.5 Å². The van der Waals surface area contributed by atoms with Gasteiger partial charge >= 0.3 is 0 Å². The normalized spacial score (nSPS) is 12.2. The average Bonchev–Trinajstić information content (AvgIpc) is 2.49. The minimum atomic E-state index is 0.188. The molecule has 21 heavy (non-hydrogen) atoms. The second-order valence-corrected chi connectivity index (χ2v) is 6.44. The SMILES string of the molecule is CCNC(Cc1ccc(Br)cn1)c1cc(OC)ccc1Br. The van der Waals surface area contributed by atoms with Crippen LogP contribution >= 0.6 is 31.9 Å². The highest BCUT2D eigenvalue weighted by Crippen LogP contribution is 2.29. The van der Waals surface area contributed by atoms with Crippen LogP contribution in [-0.4, -0.2) is 18.6 Å². The average molecular weight is 414 g/mol. The second-order valence-electron chi connectivity index (χ2n) is 4.67. The van der Waals surface area contributed by atoms with E-state index in [0.29, 0.717) is 0 Å². The molecule has 1 heterocycles. The van der Waals surface area contributed by atoms with Crippen molar-refractivity contribution in [1.29, 1.82) is 0 Å². The molecule has 2 aromatic rings. The zero-order valence-electron chi connectivity index (χ0n) is 12.1. The molecule has 0 saturated heterocycles. The van der Waals surface area contributed by atoms with E-state index in [2.05, 4.69) is 55.2 Å². The Morgan fingerprint density at radius 3 is 2.67 bits per heavy atom. The van der Waals surface area contributed by atoms with Crippen LogP contribution in [0.3, 0.4) is 0 Å². The molecule has 0 saturated carbocycles. The van der Waals surface area contributed by atoms with Crippen molar-refractivity contribution >= 4 is 31.9 Å². The van der Waals surface area contributed by atoms with Crippen LogP contribution in [0, 0.1) is 0 Å². The molecule has 1 atom stereocenters. The van der Waals surface area contributed by atoms with Crippen molar-refractivity contribution in [3.63, 3.8) is 0 Å². The summed E-state index contributed by atoms with van der Waals surface area (Å²) in [5.41, 5.74) is 2.24. The third-order valence-electron chi connectivity index (χ3n) is 3.23. The molecule has 2 rings (SSSR count). The quantitative estimate of drug-likeness (QED) is 0.756. The first-order chi connectivity index (χ1) is 10.1. The summed E-state index contributed by atoms with van der Waals surface area (Å²) < 4.78 is 7.40. The lowest BCUT2D eigenvalue weighted by Gasteiger charge is -2.20. The fraction of sp³-hybridized carbons (Fsp3) is 0.312. The van der Waals surface area contributed by atoms with Gasteiger partial charge in [-0.15, -0.1) is 0 Å². The van der Waals surface area contributed by atoms with E-state index in [0.717, 1.165) is 33.4 Å². The van der Waals surface area contributed by atoms with Crippen LogP contribution in [0.25, 0.3) is 0 Å². The Bertz CT molecular complexity index is 587. The number of methoxy groups -OCH3 is 1. The molecular weight excluding hydrogens is 396 g/mol. The van der Waals surface area contributed by atoms with Crippen molar-refractivity contribution in [2.75, 3.05) is 13.7 Å². The summed E-state index contributed by atoms with van der Waals surface area (Å²) in [5, 5.41) is 3.52. The van der Waals surface area contributed by atoms with Gasteiger partial charge in [0.05, 0.1) is 7.11 Å². The maximum atomic E-state index is 5.33.